The summed E-state index contributed by atoms with van der Waals surface area (Å²) < 4.78 is 39.1. The van der Waals surface area contributed by atoms with E-state index in [2.05, 4.69) is 4.98 Å². The SMILES string of the molecule is CN(C)c1cccc(CN(C)c2ncccc2C(F)(F)F)c1. The lowest BCUT2D eigenvalue weighted by atomic mass is 10.1. The Morgan fingerprint density at radius 1 is 1.05 bits per heavy atom. The predicted octanol–water partition coefficient (Wildman–Crippen LogP) is 3.80. The van der Waals surface area contributed by atoms with Gasteiger partial charge in [-0.3, -0.25) is 0 Å². The number of pyridine rings is 1. The quantitative estimate of drug-likeness (QED) is 0.856. The number of anilines is 2. The van der Waals surface area contributed by atoms with Gasteiger partial charge in [0.2, 0.25) is 0 Å². The van der Waals surface area contributed by atoms with Crippen molar-refractivity contribution >= 4 is 11.5 Å². The second-order valence-electron chi connectivity index (χ2n) is 5.29. The van der Waals surface area contributed by atoms with Crippen molar-refractivity contribution in [1.82, 2.24) is 4.98 Å². The summed E-state index contributed by atoms with van der Waals surface area (Å²) in [7, 11) is 5.45. The van der Waals surface area contributed by atoms with E-state index in [-0.39, 0.29) is 5.82 Å². The van der Waals surface area contributed by atoms with E-state index in [0.29, 0.717) is 6.54 Å². The van der Waals surface area contributed by atoms with Gasteiger partial charge in [-0.2, -0.15) is 13.2 Å². The number of nitrogens with zero attached hydrogens (tertiary/aromatic N) is 3. The van der Waals surface area contributed by atoms with Crippen molar-refractivity contribution in [2.45, 2.75) is 12.7 Å². The number of alkyl halides is 3. The number of aromatic nitrogens is 1. The Kier molecular flexibility index (Phi) is 4.59. The Morgan fingerprint density at radius 3 is 2.41 bits per heavy atom. The zero-order valence-corrected chi connectivity index (χ0v) is 12.7. The molecule has 0 bridgehead atoms. The molecular weight excluding hydrogens is 291 g/mol. The monoisotopic (exact) mass is 309 g/mol. The predicted molar refractivity (Wildman–Crippen MR) is 82.1 cm³/mol. The molecule has 0 N–H and O–H groups in total. The molecular formula is C16H18F3N3. The Morgan fingerprint density at radius 2 is 1.77 bits per heavy atom. The molecule has 0 aliphatic rings. The van der Waals surface area contributed by atoms with Gasteiger partial charge in [-0.25, -0.2) is 4.98 Å². The fourth-order valence-electron chi connectivity index (χ4n) is 2.20. The zero-order chi connectivity index (χ0) is 16.3. The molecule has 22 heavy (non-hydrogen) atoms. The average Bonchev–Trinajstić information content (AvgIpc) is 2.46. The second kappa shape index (κ2) is 6.25. The highest BCUT2D eigenvalue weighted by Crippen LogP contribution is 2.35. The van der Waals surface area contributed by atoms with Crippen molar-refractivity contribution in [3.63, 3.8) is 0 Å². The van der Waals surface area contributed by atoms with E-state index >= 15 is 0 Å². The van der Waals surface area contributed by atoms with Crippen LogP contribution >= 0.6 is 0 Å². The minimum Gasteiger partial charge on any atom is -0.378 e. The molecule has 0 atom stereocenters. The minimum absolute atomic E-state index is 0.0646. The third-order valence-corrected chi connectivity index (χ3v) is 3.30. The summed E-state index contributed by atoms with van der Waals surface area (Å²) in [6.07, 6.45) is -3.04. The molecule has 0 aliphatic carbocycles. The molecule has 2 rings (SSSR count). The van der Waals surface area contributed by atoms with Crippen LogP contribution in [0, 0.1) is 0 Å². The molecule has 0 saturated carbocycles. The summed E-state index contributed by atoms with van der Waals surface area (Å²) in [6, 6.07) is 10.0. The third kappa shape index (κ3) is 3.69. The van der Waals surface area contributed by atoms with E-state index in [1.807, 2.05) is 43.3 Å². The Bertz CT molecular complexity index is 639. The second-order valence-corrected chi connectivity index (χ2v) is 5.29. The van der Waals surface area contributed by atoms with Crippen LogP contribution in [0.15, 0.2) is 42.6 Å². The van der Waals surface area contributed by atoms with Gasteiger partial charge in [0.25, 0.3) is 0 Å². The molecule has 0 radical (unpaired) electrons. The molecule has 2 aromatic rings. The topological polar surface area (TPSA) is 19.4 Å². The molecule has 3 nitrogen and oxygen atoms in total. The first-order chi connectivity index (χ1) is 10.3. The van der Waals surface area contributed by atoms with Gasteiger partial charge < -0.3 is 9.80 Å². The van der Waals surface area contributed by atoms with Crippen LogP contribution in [-0.2, 0) is 12.7 Å². The number of rotatable bonds is 4. The van der Waals surface area contributed by atoms with Crippen LogP contribution < -0.4 is 9.80 Å². The van der Waals surface area contributed by atoms with Crippen molar-refractivity contribution in [1.29, 1.82) is 0 Å². The molecule has 1 aromatic heterocycles. The molecule has 0 fully saturated rings. The van der Waals surface area contributed by atoms with Crippen molar-refractivity contribution in [3.8, 4) is 0 Å². The van der Waals surface area contributed by atoms with Crippen molar-refractivity contribution < 1.29 is 13.2 Å². The normalized spacial score (nSPS) is 11.4. The lowest BCUT2D eigenvalue weighted by Gasteiger charge is -2.23. The first-order valence-corrected chi connectivity index (χ1v) is 6.78. The fraction of sp³-hybridized carbons (Fsp3) is 0.312. The van der Waals surface area contributed by atoms with E-state index in [0.717, 1.165) is 17.3 Å². The molecule has 6 heteroatoms. The lowest BCUT2D eigenvalue weighted by Crippen LogP contribution is -2.22. The summed E-state index contributed by atoms with van der Waals surface area (Å²) in [6.45, 7) is 0.349. The van der Waals surface area contributed by atoms with Gasteiger partial charge in [0, 0.05) is 39.6 Å². The first-order valence-electron chi connectivity index (χ1n) is 6.78. The van der Waals surface area contributed by atoms with E-state index in [9.17, 15) is 13.2 Å². The van der Waals surface area contributed by atoms with Crippen LogP contribution in [0.2, 0.25) is 0 Å². The highest BCUT2D eigenvalue weighted by molar-refractivity contribution is 5.51. The minimum atomic E-state index is -4.41. The van der Waals surface area contributed by atoms with Gasteiger partial charge >= 0.3 is 6.18 Å². The maximum absolute atomic E-state index is 13.0. The maximum Gasteiger partial charge on any atom is 0.419 e. The summed E-state index contributed by atoms with van der Waals surface area (Å²) in [4.78, 5) is 7.36. The molecule has 0 amide bonds. The van der Waals surface area contributed by atoms with Gasteiger partial charge in [0.1, 0.15) is 5.82 Å². The van der Waals surface area contributed by atoms with E-state index in [1.54, 1.807) is 7.05 Å². The average molecular weight is 309 g/mol. The summed E-state index contributed by atoms with van der Waals surface area (Å²) in [5.74, 6) is -0.0646. The van der Waals surface area contributed by atoms with Crippen LogP contribution in [0.25, 0.3) is 0 Å². The highest BCUT2D eigenvalue weighted by atomic mass is 19.4. The summed E-state index contributed by atoms with van der Waals surface area (Å²) >= 11 is 0. The standard InChI is InChI=1S/C16H18F3N3/c1-21(2)13-7-4-6-12(10-13)11-22(3)15-14(16(17,18)19)8-5-9-20-15/h4-10H,11H2,1-3H3. The molecule has 1 heterocycles. The molecule has 0 saturated heterocycles. The van der Waals surface area contributed by atoms with Crippen molar-refractivity contribution in [3.05, 3.63) is 53.7 Å². The maximum atomic E-state index is 13.0. The molecule has 0 unspecified atom stereocenters. The summed E-state index contributed by atoms with van der Waals surface area (Å²) in [5, 5.41) is 0. The number of halogens is 3. The van der Waals surface area contributed by atoms with Crippen LogP contribution in [0.1, 0.15) is 11.1 Å². The van der Waals surface area contributed by atoms with Gasteiger partial charge in [0.15, 0.2) is 0 Å². The van der Waals surface area contributed by atoms with Gasteiger partial charge in [0.05, 0.1) is 5.56 Å². The highest BCUT2D eigenvalue weighted by Gasteiger charge is 2.35. The van der Waals surface area contributed by atoms with Crippen LogP contribution in [0.4, 0.5) is 24.7 Å². The Hall–Kier alpha value is -2.24. The molecule has 0 spiro atoms. The van der Waals surface area contributed by atoms with Crippen molar-refractivity contribution in [2.24, 2.45) is 0 Å². The van der Waals surface area contributed by atoms with Crippen LogP contribution in [0.3, 0.4) is 0 Å². The van der Waals surface area contributed by atoms with Crippen LogP contribution in [-0.4, -0.2) is 26.1 Å². The number of hydrogen-bond donors (Lipinski definition) is 0. The van der Waals surface area contributed by atoms with Crippen molar-refractivity contribution in [2.75, 3.05) is 30.9 Å². The third-order valence-electron chi connectivity index (χ3n) is 3.30. The zero-order valence-electron chi connectivity index (χ0n) is 12.7. The van der Waals surface area contributed by atoms with Gasteiger partial charge in [-0.05, 0) is 29.8 Å². The fourth-order valence-corrected chi connectivity index (χ4v) is 2.20. The molecule has 118 valence electrons. The molecule has 1 aromatic carbocycles. The van der Waals surface area contributed by atoms with Gasteiger partial charge in [-0.15, -0.1) is 0 Å². The Labute approximate surface area is 128 Å². The number of hydrogen-bond acceptors (Lipinski definition) is 3. The van der Waals surface area contributed by atoms with Crippen LogP contribution in [0.5, 0.6) is 0 Å². The first kappa shape index (κ1) is 16.1. The molecule has 0 aliphatic heterocycles. The van der Waals surface area contributed by atoms with Gasteiger partial charge in [-0.1, -0.05) is 12.1 Å². The van der Waals surface area contributed by atoms with E-state index in [4.69, 9.17) is 0 Å². The smallest absolute Gasteiger partial charge is 0.378 e. The number of benzene rings is 1. The summed E-state index contributed by atoms with van der Waals surface area (Å²) in [5.41, 5.74) is 1.21. The van der Waals surface area contributed by atoms with E-state index in [1.165, 1.54) is 17.2 Å². The Balaban J connectivity index is 2.27. The van der Waals surface area contributed by atoms with E-state index < -0.39 is 11.7 Å². The largest absolute Gasteiger partial charge is 0.419 e. The lowest BCUT2D eigenvalue weighted by molar-refractivity contribution is -0.137.